The van der Waals surface area contributed by atoms with Gasteiger partial charge in [0.15, 0.2) is 6.10 Å². The van der Waals surface area contributed by atoms with Gasteiger partial charge in [0.25, 0.3) is 0 Å². The first-order valence-corrected chi connectivity index (χ1v) is 10.7. The number of rotatable bonds is 5. The molecule has 2 aromatic heterocycles. The number of nitrogens with zero attached hydrogens (tertiary/aromatic N) is 2. The van der Waals surface area contributed by atoms with Gasteiger partial charge in [0.1, 0.15) is 5.65 Å². The molecule has 0 aliphatic carbocycles. The zero-order valence-electron chi connectivity index (χ0n) is 17.0. The zero-order chi connectivity index (χ0) is 22.2. The van der Waals surface area contributed by atoms with Gasteiger partial charge in [-0.2, -0.15) is 13.2 Å². The first-order valence-electron chi connectivity index (χ1n) is 9.85. The SMILES string of the molecule is CCc1ccc(Sc2c(-c3ccc(C(O)C(F)(F)F)cc3)n(C)c3ncccc23)cc1. The quantitative estimate of drug-likeness (QED) is 0.381. The molecular formula is C24H21F3N2OS. The van der Waals surface area contributed by atoms with Crippen molar-refractivity contribution in [1.29, 1.82) is 0 Å². The summed E-state index contributed by atoms with van der Waals surface area (Å²) in [6, 6.07) is 18.1. The number of benzene rings is 2. The Morgan fingerprint density at radius 2 is 1.71 bits per heavy atom. The Bertz CT molecular complexity index is 1200. The smallest absolute Gasteiger partial charge is 0.379 e. The van der Waals surface area contributed by atoms with Crippen LogP contribution in [0, 0.1) is 0 Å². The maximum absolute atomic E-state index is 12.9. The van der Waals surface area contributed by atoms with E-state index in [-0.39, 0.29) is 5.56 Å². The van der Waals surface area contributed by atoms with Gasteiger partial charge in [0.05, 0.1) is 5.69 Å². The summed E-state index contributed by atoms with van der Waals surface area (Å²) in [6.07, 6.45) is -4.51. The fourth-order valence-corrected chi connectivity index (χ4v) is 4.71. The fraction of sp³-hybridized carbons (Fsp3) is 0.208. The molecule has 4 aromatic rings. The topological polar surface area (TPSA) is 38.0 Å². The summed E-state index contributed by atoms with van der Waals surface area (Å²) in [5.74, 6) is 0. The lowest BCUT2D eigenvalue weighted by Gasteiger charge is -2.15. The Labute approximate surface area is 182 Å². The van der Waals surface area contributed by atoms with Gasteiger partial charge >= 0.3 is 6.18 Å². The standard InChI is InChI=1S/C24H21F3N2OS/c1-3-15-6-12-18(13-7-15)31-21-19-5-4-14-28-23(19)29(2)20(21)16-8-10-17(11-9-16)22(30)24(25,26)27/h4-14,22,30H,3H2,1-2H3. The van der Waals surface area contributed by atoms with Crippen molar-refractivity contribution < 1.29 is 18.3 Å². The second kappa shape index (κ2) is 8.40. The number of aliphatic hydroxyl groups is 1. The molecule has 4 rings (SSSR count). The third-order valence-electron chi connectivity index (χ3n) is 5.26. The molecule has 7 heteroatoms. The molecule has 0 radical (unpaired) electrons. The zero-order valence-corrected chi connectivity index (χ0v) is 17.8. The Morgan fingerprint density at radius 1 is 1.03 bits per heavy atom. The average Bonchev–Trinajstić information content (AvgIpc) is 3.05. The molecule has 0 bridgehead atoms. The molecule has 1 unspecified atom stereocenters. The highest BCUT2D eigenvalue weighted by Crippen LogP contribution is 2.43. The normalized spacial score (nSPS) is 13.0. The van der Waals surface area contributed by atoms with Crippen LogP contribution in [0.15, 0.2) is 76.7 Å². The highest BCUT2D eigenvalue weighted by atomic mass is 32.2. The van der Waals surface area contributed by atoms with Crippen LogP contribution in [0.4, 0.5) is 13.2 Å². The van der Waals surface area contributed by atoms with Gasteiger partial charge in [-0.25, -0.2) is 4.98 Å². The summed E-state index contributed by atoms with van der Waals surface area (Å²) in [7, 11) is 1.90. The van der Waals surface area contributed by atoms with Crippen LogP contribution in [0.1, 0.15) is 24.2 Å². The van der Waals surface area contributed by atoms with Gasteiger partial charge in [0, 0.05) is 28.4 Å². The number of hydrogen-bond acceptors (Lipinski definition) is 3. The molecule has 31 heavy (non-hydrogen) atoms. The highest BCUT2D eigenvalue weighted by molar-refractivity contribution is 7.99. The van der Waals surface area contributed by atoms with Crippen molar-refractivity contribution in [3.8, 4) is 11.3 Å². The minimum atomic E-state index is -4.70. The average molecular weight is 443 g/mol. The lowest BCUT2D eigenvalue weighted by Crippen LogP contribution is -2.20. The summed E-state index contributed by atoms with van der Waals surface area (Å²) >= 11 is 1.60. The largest absolute Gasteiger partial charge is 0.418 e. The van der Waals surface area contributed by atoms with Gasteiger partial charge < -0.3 is 9.67 Å². The summed E-state index contributed by atoms with van der Waals surface area (Å²) in [5, 5.41) is 10.5. The molecule has 2 heterocycles. The Hall–Kier alpha value is -2.77. The lowest BCUT2D eigenvalue weighted by molar-refractivity contribution is -0.206. The van der Waals surface area contributed by atoms with E-state index >= 15 is 0 Å². The second-order valence-electron chi connectivity index (χ2n) is 7.28. The monoisotopic (exact) mass is 442 g/mol. The van der Waals surface area contributed by atoms with Crippen LogP contribution in [-0.4, -0.2) is 20.8 Å². The molecule has 1 atom stereocenters. The molecule has 2 aromatic carbocycles. The Kier molecular flexibility index (Phi) is 5.81. The van der Waals surface area contributed by atoms with Gasteiger partial charge in [-0.05, 0) is 47.4 Å². The van der Waals surface area contributed by atoms with E-state index in [1.165, 1.54) is 17.7 Å². The van der Waals surface area contributed by atoms with Gasteiger partial charge in [0.2, 0.25) is 0 Å². The maximum Gasteiger partial charge on any atom is 0.418 e. The molecule has 0 spiro atoms. The van der Waals surface area contributed by atoms with Crippen LogP contribution < -0.4 is 0 Å². The van der Waals surface area contributed by atoms with Crippen LogP contribution >= 0.6 is 11.8 Å². The van der Waals surface area contributed by atoms with Crippen molar-refractivity contribution in [3.63, 3.8) is 0 Å². The van der Waals surface area contributed by atoms with E-state index in [2.05, 4.69) is 36.2 Å². The molecule has 0 fully saturated rings. The summed E-state index contributed by atoms with van der Waals surface area (Å²) in [5.41, 5.74) is 3.49. The van der Waals surface area contributed by atoms with Crippen molar-refractivity contribution in [2.75, 3.05) is 0 Å². The number of aliphatic hydroxyl groups excluding tert-OH is 1. The first kappa shape index (κ1) is 21.5. The van der Waals surface area contributed by atoms with Crippen LogP contribution in [0.5, 0.6) is 0 Å². The molecule has 3 nitrogen and oxygen atoms in total. The second-order valence-corrected chi connectivity index (χ2v) is 8.36. The first-order chi connectivity index (χ1) is 14.8. The van der Waals surface area contributed by atoms with E-state index < -0.39 is 12.3 Å². The third-order valence-corrected chi connectivity index (χ3v) is 6.39. The molecule has 0 aliphatic rings. The molecule has 1 N–H and O–H groups in total. The number of fused-ring (bicyclic) bond motifs is 1. The van der Waals surface area contributed by atoms with Crippen LogP contribution in [0.2, 0.25) is 0 Å². The number of aryl methyl sites for hydroxylation is 2. The minimum Gasteiger partial charge on any atom is -0.379 e. The van der Waals surface area contributed by atoms with Gasteiger partial charge in [-0.1, -0.05) is 55.1 Å². The number of alkyl halides is 3. The van der Waals surface area contributed by atoms with Crippen LogP contribution in [0.25, 0.3) is 22.3 Å². The van der Waals surface area contributed by atoms with E-state index in [4.69, 9.17) is 0 Å². The molecule has 0 saturated carbocycles. The maximum atomic E-state index is 12.9. The molecule has 0 saturated heterocycles. The van der Waals surface area contributed by atoms with Gasteiger partial charge in [-0.3, -0.25) is 0 Å². The third kappa shape index (κ3) is 4.20. The Balaban J connectivity index is 1.80. The van der Waals surface area contributed by atoms with Crippen molar-refractivity contribution >= 4 is 22.8 Å². The van der Waals surface area contributed by atoms with Crippen molar-refractivity contribution in [2.45, 2.75) is 35.4 Å². The molecule has 160 valence electrons. The number of aromatic nitrogens is 2. The summed E-state index contributed by atoms with van der Waals surface area (Å²) < 4.78 is 40.5. The van der Waals surface area contributed by atoms with E-state index in [0.717, 1.165) is 38.5 Å². The highest BCUT2D eigenvalue weighted by Gasteiger charge is 2.39. The number of halogens is 3. The van der Waals surface area contributed by atoms with Crippen molar-refractivity contribution in [1.82, 2.24) is 9.55 Å². The van der Waals surface area contributed by atoms with Crippen molar-refractivity contribution in [2.24, 2.45) is 7.05 Å². The summed E-state index contributed by atoms with van der Waals surface area (Å²) in [4.78, 5) is 6.55. The number of hydrogen-bond donors (Lipinski definition) is 1. The fourth-order valence-electron chi connectivity index (χ4n) is 3.58. The number of pyridine rings is 1. The molecule has 0 aliphatic heterocycles. The molecular weight excluding hydrogens is 421 g/mol. The van der Waals surface area contributed by atoms with E-state index in [9.17, 15) is 18.3 Å². The van der Waals surface area contributed by atoms with E-state index in [1.807, 2.05) is 23.7 Å². The Morgan fingerprint density at radius 3 is 2.32 bits per heavy atom. The van der Waals surface area contributed by atoms with Crippen LogP contribution in [-0.2, 0) is 13.5 Å². The molecule has 0 amide bonds. The summed E-state index contributed by atoms with van der Waals surface area (Å²) in [6.45, 7) is 2.11. The van der Waals surface area contributed by atoms with Crippen molar-refractivity contribution in [3.05, 3.63) is 78.0 Å². The minimum absolute atomic E-state index is 0.183. The van der Waals surface area contributed by atoms with E-state index in [1.54, 1.807) is 30.1 Å². The van der Waals surface area contributed by atoms with E-state index in [0.29, 0.717) is 0 Å². The van der Waals surface area contributed by atoms with Gasteiger partial charge in [-0.15, -0.1) is 0 Å². The lowest BCUT2D eigenvalue weighted by atomic mass is 10.0. The predicted octanol–water partition coefficient (Wildman–Crippen LogP) is 6.55. The van der Waals surface area contributed by atoms with Crippen LogP contribution in [0.3, 0.4) is 0 Å². The predicted molar refractivity (Wildman–Crippen MR) is 117 cm³/mol.